The van der Waals surface area contributed by atoms with Crippen LogP contribution in [-0.4, -0.2) is 74.6 Å². The van der Waals surface area contributed by atoms with Gasteiger partial charge < -0.3 is 23.7 Å². The zero-order chi connectivity index (χ0) is 25.6. The Morgan fingerprint density at radius 1 is 0.794 bits per heavy atom. The molecule has 0 N–H and O–H groups in total. The van der Waals surface area contributed by atoms with Gasteiger partial charge in [-0.3, -0.25) is 24.0 Å². The largest absolute Gasteiger partial charge is 0.462 e. The van der Waals surface area contributed by atoms with Crippen LogP contribution in [0.4, 0.5) is 0 Å². The van der Waals surface area contributed by atoms with Gasteiger partial charge in [0.2, 0.25) is 11.1 Å². The lowest BCUT2D eigenvalue weighted by molar-refractivity contribution is -0.204. The highest BCUT2D eigenvalue weighted by molar-refractivity contribution is 7.16. The van der Waals surface area contributed by atoms with E-state index < -0.39 is 60.9 Å². The Balaban J connectivity index is 2.65. The Morgan fingerprint density at radius 3 is 1.88 bits per heavy atom. The zero-order valence-corrected chi connectivity index (χ0v) is 20.1. The summed E-state index contributed by atoms with van der Waals surface area (Å²) in [6.07, 6.45) is -6.12. The third-order valence-electron chi connectivity index (χ3n) is 4.02. The standard InChI is InChI=1S/C19H24N4O10S/c1-8-22-23-18(20-21-19(23)34-8)17(33-13(6)28)16(32-12(5)27)15(31-11(4)26)14(30-10(3)25)7-29-9(2)24/h14-17H,7H2,1-6H3/t14-,15+,16+,17-/m1/s1. The summed E-state index contributed by atoms with van der Waals surface area (Å²) >= 11 is 1.20. The van der Waals surface area contributed by atoms with Crippen LogP contribution in [-0.2, 0) is 47.7 Å². The molecule has 0 radical (unpaired) electrons. The Kier molecular flexibility index (Phi) is 9.00. The van der Waals surface area contributed by atoms with Gasteiger partial charge >= 0.3 is 29.8 Å². The number of carbonyl (C=O) groups is 5. The molecular weight excluding hydrogens is 476 g/mol. The molecule has 2 heterocycles. The van der Waals surface area contributed by atoms with Crippen molar-refractivity contribution < 1.29 is 47.7 Å². The smallest absolute Gasteiger partial charge is 0.303 e. The van der Waals surface area contributed by atoms with Crippen molar-refractivity contribution in [3.8, 4) is 0 Å². The first-order valence-corrected chi connectivity index (χ1v) is 10.7. The van der Waals surface area contributed by atoms with Crippen molar-refractivity contribution in [2.24, 2.45) is 0 Å². The van der Waals surface area contributed by atoms with Gasteiger partial charge in [0.25, 0.3) is 0 Å². The predicted octanol–water partition coefficient (Wildman–Crippen LogP) is 0.457. The molecule has 0 unspecified atom stereocenters. The normalized spacial score (nSPS) is 14.4. The summed E-state index contributed by atoms with van der Waals surface area (Å²) in [4.78, 5) is 59.5. The zero-order valence-electron chi connectivity index (χ0n) is 19.3. The number of nitrogens with zero attached hydrogens (tertiary/aromatic N) is 4. The third-order valence-corrected chi connectivity index (χ3v) is 4.84. The topological polar surface area (TPSA) is 175 Å². The SMILES string of the molecule is CC(=O)OC[C@@H](OC(C)=O)[C@H](OC(C)=O)[C@H](OC(C)=O)[C@@H](OC(C)=O)c1nnc2sc(C)nn12. The number of hydrogen-bond donors (Lipinski definition) is 0. The maximum absolute atomic E-state index is 12.0. The van der Waals surface area contributed by atoms with Crippen molar-refractivity contribution in [3.63, 3.8) is 0 Å². The van der Waals surface area contributed by atoms with Gasteiger partial charge in [0.05, 0.1) is 0 Å². The number of aromatic nitrogens is 4. The molecule has 0 aliphatic heterocycles. The highest BCUT2D eigenvalue weighted by Crippen LogP contribution is 2.30. The second kappa shape index (κ2) is 11.5. The number of aryl methyl sites for hydroxylation is 1. The van der Waals surface area contributed by atoms with E-state index in [-0.39, 0.29) is 5.82 Å². The lowest BCUT2D eigenvalue weighted by Crippen LogP contribution is -2.50. The van der Waals surface area contributed by atoms with Gasteiger partial charge in [0, 0.05) is 34.6 Å². The van der Waals surface area contributed by atoms with Crippen LogP contribution in [0.15, 0.2) is 0 Å². The van der Waals surface area contributed by atoms with Gasteiger partial charge in [-0.15, -0.1) is 10.2 Å². The van der Waals surface area contributed by atoms with E-state index in [4.69, 9.17) is 23.7 Å². The van der Waals surface area contributed by atoms with E-state index in [1.807, 2.05) is 0 Å². The van der Waals surface area contributed by atoms with Crippen LogP contribution in [0, 0.1) is 6.92 Å². The Labute approximate surface area is 197 Å². The number of hydrogen-bond acceptors (Lipinski definition) is 14. The summed E-state index contributed by atoms with van der Waals surface area (Å²) in [5.41, 5.74) is 0. The van der Waals surface area contributed by atoms with Gasteiger partial charge in [-0.25, -0.2) is 0 Å². The van der Waals surface area contributed by atoms with Crippen LogP contribution < -0.4 is 0 Å². The molecule has 0 spiro atoms. The van der Waals surface area contributed by atoms with Gasteiger partial charge in [-0.2, -0.15) is 9.61 Å². The number of fused-ring (bicyclic) bond motifs is 1. The lowest BCUT2D eigenvalue weighted by Gasteiger charge is -2.34. The van der Waals surface area contributed by atoms with Crippen LogP contribution in [0.1, 0.15) is 51.6 Å². The van der Waals surface area contributed by atoms with Crippen molar-refractivity contribution in [1.82, 2.24) is 19.8 Å². The highest BCUT2D eigenvalue weighted by Gasteiger charge is 2.46. The first-order chi connectivity index (χ1) is 15.9. The van der Waals surface area contributed by atoms with E-state index in [0.717, 1.165) is 34.6 Å². The number of ether oxygens (including phenoxy) is 5. The Morgan fingerprint density at radius 2 is 1.35 bits per heavy atom. The second-order valence-corrected chi connectivity index (χ2v) is 8.16. The summed E-state index contributed by atoms with van der Waals surface area (Å²) in [7, 11) is 0. The van der Waals surface area contributed by atoms with Crippen LogP contribution in [0.5, 0.6) is 0 Å². The van der Waals surface area contributed by atoms with E-state index in [9.17, 15) is 24.0 Å². The van der Waals surface area contributed by atoms with Crippen LogP contribution in [0.3, 0.4) is 0 Å². The first-order valence-electron chi connectivity index (χ1n) is 9.90. The number of rotatable bonds is 10. The highest BCUT2D eigenvalue weighted by atomic mass is 32.1. The van der Waals surface area contributed by atoms with E-state index in [2.05, 4.69) is 15.3 Å². The van der Waals surface area contributed by atoms with Crippen molar-refractivity contribution in [2.45, 2.75) is 66.0 Å². The molecule has 2 aromatic heterocycles. The summed E-state index contributed by atoms with van der Waals surface area (Å²) in [6, 6.07) is 0. The quantitative estimate of drug-likeness (QED) is 0.325. The number of esters is 5. The molecule has 14 nitrogen and oxygen atoms in total. The molecule has 15 heteroatoms. The molecule has 2 rings (SSSR count). The molecule has 0 fully saturated rings. The van der Waals surface area contributed by atoms with Crippen molar-refractivity contribution in [1.29, 1.82) is 0 Å². The molecule has 34 heavy (non-hydrogen) atoms. The van der Waals surface area contributed by atoms with Crippen molar-refractivity contribution in [2.75, 3.05) is 6.61 Å². The summed E-state index contributed by atoms with van der Waals surface area (Å²) < 4.78 is 27.6. The minimum atomic E-state index is -1.60. The fraction of sp³-hybridized carbons (Fsp3) is 0.579. The lowest BCUT2D eigenvalue weighted by atomic mass is 10.0. The summed E-state index contributed by atoms with van der Waals surface area (Å²) in [5, 5.41) is 12.8. The monoisotopic (exact) mass is 500 g/mol. The van der Waals surface area contributed by atoms with Gasteiger partial charge in [-0.1, -0.05) is 11.3 Å². The first kappa shape index (κ1) is 26.6. The fourth-order valence-corrected chi connectivity index (χ4v) is 3.69. The molecular formula is C19H24N4O10S. The van der Waals surface area contributed by atoms with Gasteiger partial charge in [0.1, 0.15) is 11.6 Å². The second-order valence-electron chi connectivity index (χ2n) is 7.00. The third kappa shape index (κ3) is 7.19. The molecule has 2 aromatic rings. The van der Waals surface area contributed by atoms with Crippen LogP contribution >= 0.6 is 11.3 Å². The molecule has 0 saturated carbocycles. The molecule has 0 bridgehead atoms. The van der Waals surface area contributed by atoms with Crippen molar-refractivity contribution in [3.05, 3.63) is 10.8 Å². The molecule has 0 aromatic carbocycles. The minimum absolute atomic E-state index is 0.0491. The molecule has 0 aliphatic carbocycles. The predicted molar refractivity (Wildman–Crippen MR) is 111 cm³/mol. The van der Waals surface area contributed by atoms with Gasteiger partial charge in [0.15, 0.2) is 24.1 Å². The fourth-order valence-electron chi connectivity index (χ4n) is 3.00. The van der Waals surface area contributed by atoms with Crippen LogP contribution in [0.25, 0.3) is 4.96 Å². The Hall–Kier alpha value is -3.62. The summed E-state index contributed by atoms with van der Waals surface area (Å²) in [5.74, 6) is -4.05. The molecule has 186 valence electrons. The van der Waals surface area contributed by atoms with E-state index in [0.29, 0.717) is 9.97 Å². The van der Waals surface area contributed by atoms with Crippen LogP contribution in [0.2, 0.25) is 0 Å². The van der Waals surface area contributed by atoms with Gasteiger partial charge in [-0.05, 0) is 6.92 Å². The Bertz CT molecular complexity index is 1080. The maximum atomic E-state index is 12.0. The average Bonchev–Trinajstić information content (AvgIpc) is 3.24. The summed E-state index contributed by atoms with van der Waals surface area (Å²) in [6.45, 7) is 6.60. The molecule has 0 aliphatic rings. The molecule has 0 saturated heterocycles. The maximum Gasteiger partial charge on any atom is 0.303 e. The molecule has 0 amide bonds. The average molecular weight is 500 g/mol. The van der Waals surface area contributed by atoms with E-state index in [1.54, 1.807) is 6.92 Å². The number of carbonyl (C=O) groups excluding carboxylic acids is 5. The minimum Gasteiger partial charge on any atom is -0.462 e. The van der Waals surface area contributed by atoms with E-state index in [1.165, 1.54) is 15.9 Å². The molecule has 4 atom stereocenters. The van der Waals surface area contributed by atoms with Crippen molar-refractivity contribution >= 4 is 46.1 Å². The van der Waals surface area contributed by atoms with E-state index >= 15 is 0 Å².